The van der Waals surface area contributed by atoms with Crippen LogP contribution in [0.3, 0.4) is 0 Å². The van der Waals surface area contributed by atoms with Crippen LogP contribution in [0.2, 0.25) is 0 Å². The summed E-state index contributed by atoms with van der Waals surface area (Å²) in [6.45, 7) is 0. The summed E-state index contributed by atoms with van der Waals surface area (Å²) in [5.41, 5.74) is 1.78. The van der Waals surface area contributed by atoms with Crippen LogP contribution in [-0.4, -0.2) is 16.8 Å². The second-order valence-corrected chi connectivity index (χ2v) is 2.84. The Balaban J connectivity index is 2.57. The van der Waals surface area contributed by atoms with Gasteiger partial charge in [-0.05, 0) is 6.26 Å². The Labute approximate surface area is 62.0 Å². The van der Waals surface area contributed by atoms with E-state index < -0.39 is 0 Å². The Bertz CT molecular complexity index is 181. The first-order valence-electron chi connectivity index (χ1n) is 2.38. The van der Waals surface area contributed by atoms with E-state index in [9.17, 15) is 0 Å². The standard InChI is InChI=1S/C5H6N2S2/c1-8-4-7-5-6-2-3-9-5/h2-4H,1H3/b7-4+. The number of hydrogen-bond acceptors (Lipinski definition) is 4. The number of rotatable bonds is 2. The lowest BCUT2D eigenvalue weighted by atomic mass is 11.0. The molecule has 0 fully saturated rings. The SMILES string of the molecule is CS/C=N/c1nccs1. The maximum atomic E-state index is 4.03. The van der Waals surface area contributed by atoms with Gasteiger partial charge < -0.3 is 0 Å². The highest BCUT2D eigenvalue weighted by atomic mass is 32.2. The van der Waals surface area contributed by atoms with E-state index in [0.717, 1.165) is 5.13 Å². The largest absolute Gasteiger partial charge is 0.227 e. The van der Waals surface area contributed by atoms with Gasteiger partial charge in [0.25, 0.3) is 0 Å². The lowest BCUT2D eigenvalue weighted by Gasteiger charge is -1.77. The van der Waals surface area contributed by atoms with Gasteiger partial charge in [0.05, 0.1) is 5.55 Å². The minimum Gasteiger partial charge on any atom is -0.227 e. The number of thiazole rings is 1. The van der Waals surface area contributed by atoms with Crippen molar-refractivity contribution in [1.29, 1.82) is 0 Å². The van der Waals surface area contributed by atoms with E-state index in [-0.39, 0.29) is 0 Å². The zero-order chi connectivity index (χ0) is 6.53. The fourth-order valence-electron chi connectivity index (χ4n) is 0.377. The van der Waals surface area contributed by atoms with Crippen molar-refractivity contribution in [3.05, 3.63) is 11.6 Å². The van der Waals surface area contributed by atoms with Crippen LogP contribution in [0.25, 0.3) is 0 Å². The van der Waals surface area contributed by atoms with Crippen LogP contribution in [-0.2, 0) is 0 Å². The molecule has 1 aromatic heterocycles. The number of thioether (sulfide) groups is 1. The molecule has 0 saturated heterocycles. The van der Waals surface area contributed by atoms with Gasteiger partial charge in [-0.15, -0.1) is 23.1 Å². The predicted molar refractivity (Wildman–Crippen MR) is 43.8 cm³/mol. The monoisotopic (exact) mass is 158 g/mol. The molecule has 0 spiro atoms. The average Bonchev–Trinajstić information content (AvgIpc) is 2.34. The molecule has 0 amide bonds. The summed E-state index contributed by atoms with van der Waals surface area (Å²) in [4.78, 5) is 7.99. The van der Waals surface area contributed by atoms with Gasteiger partial charge in [-0.2, -0.15) is 0 Å². The first-order chi connectivity index (χ1) is 4.43. The molecular formula is C5H6N2S2. The molecule has 2 nitrogen and oxygen atoms in total. The van der Waals surface area contributed by atoms with Crippen molar-refractivity contribution in [3.8, 4) is 0 Å². The summed E-state index contributed by atoms with van der Waals surface area (Å²) in [7, 11) is 0. The molecule has 48 valence electrons. The summed E-state index contributed by atoms with van der Waals surface area (Å²) < 4.78 is 0. The molecule has 0 saturated carbocycles. The number of aromatic nitrogens is 1. The van der Waals surface area contributed by atoms with Crippen LogP contribution in [0.1, 0.15) is 0 Å². The molecule has 0 aliphatic carbocycles. The molecule has 1 aromatic rings. The van der Waals surface area contributed by atoms with Gasteiger partial charge >= 0.3 is 0 Å². The van der Waals surface area contributed by atoms with Gasteiger partial charge in [-0.25, -0.2) is 9.98 Å². The van der Waals surface area contributed by atoms with Crippen LogP contribution in [0, 0.1) is 0 Å². The van der Waals surface area contributed by atoms with Crippen LogP contribution in [0.15, 0.2) is 16.6 Å². The maximum absolute atomic E-state index is 4.03. The third-order valence-corrected chi connectivity index (χ3v) is 1.68. The molecule has 0 bridgehead atoms. The summed E-state index contributed by atoms with van der Waals surface area (Å²) in [5, 5.41) is 2.73. The summed E-state index contributed by atoms with van der Waals surface area (Å²) in [6.07, 6.45) is 3.72. The van der Waals surface area contributed by atoms with Gasteiger partial charge in [0.1, 0.15) is 0 Å². The topological polar surface area (TPSA) is 25.2 Å². The molecule has 0 aliphatic rings. The van der Waals surface area contributed by atoms with E-state index in [4.69, 9.17) is 0 Å². The van der Waals surface area contributed by atoms with E-state index in [1.54, 1.807) is 34.8 Å². The van der Waals surface area contributed by atoms with Gasteiger partial charge in [0.2, 0.25) is 5.13 Å². The smallest absolute Gasteiger partial charge is 0.209 e. The zero-order valence-electron chi connectivity index (χ0n) is 4.94. The first kappa shape index (κ1) is 6.77. The molecule has 1 heterocycles. The molecule has 0 aromatic carbocycles. The maximum Gasteiger partial charge on any atom is 0.209 e. The fraction of sp³-hybridized carbons (Fsp3) is 0.200. The molecule has 9 heavy (non-hydrogen) atoms. The second-order valence-electron chi connectivity index (χ2n) is 1.28. The molecule has 0 N–H and O–H groups in total. The molecule has 4 heteroatoms. The third-order valence-electron chi connectivity index (χ3n) is 0.688. The minimum atomic E-state index is 0.823. The lowest BCUT2D eigenvalue weighted by molar-refractivity contribution is 1.37. The summed E-state index contributed by atoms with van der Waals surface area (Å²) in [5.74, 6) is 0. The Morgan fingerprint density at radius 2 is 2.78 bits per heavy atom. The number of aliphatic imine (C=N–C) groups is 1. The van der Waals surface area contributed by atoms with E-state index in [0.29, 0.717) is 0 Å². The van der Waals surface area contributed by atoms with Gasteiger partial charge in [0.15, 0.2) is 0 Å². The molecule has 0 unspecified atom stereocenters. The van der Waals surface area contributed by atoms with Crippen molar-refractivity contribution in [2.45, 2.75) is 0 Å². The van der Waals surface area contributed by atoms with Gasteiger partial charge in [0, 0.05) is 11.6 Å². The summed E-state index contributed by atoms with van der Waals surface area (Å²) in [6, 6.07) is 0. The normalized spacial score (nSPS) is 10.8. The van der Waals surface area contributed by atoms with Crippen LogP contribution < -0.4 is 0 Å². The quantitative estimate of drug-likeness (QED) is 0.487. The first-order valence-corrected chi connectivity index (χ1v) is 4.55. The number of nitrogens with zero attached hydrogens (tertiary/aromatic N) is 2. The van der Waals surface area contributed by atoms with Crippen LogP contribution >= 0.6 is 23.1 Å². The third kappa shape index (κ3) is 2.15. The molecule has 1 rings (SSSR count). The van der Waals surface area contributed by atoms with E-state index >= 15 is 0 Å². The Morgan fingerprint density at radius 3 is 3.33 bits per heavy atom. The van der Waals surface area contributed by atoms with Crippen molar-refractivity contribution >= 4 is 33.8 Å². The van der Waals surface area contributed by atoms with E-state index in [1.807, 2.05) is 11.6 Å². The van der Waals surface area contributed by atoms with Crippen LogP contribution in [0.5, 0.6) is 0 Å². The minimum absolute atomic E-state index is 0.823. The summed E-state index contributed by atoms with van der Waals surface area (Å²) >= 11 is 3.12. The highest BCUT2D eigenvalue weighted by molar-refractivity contribution is 8.11. The van der Waals surface area contributed by atoms with E-state index in [1.165, 1.54) is 0 Å². The van der Waals surface area contributed by atoms with Crippen LogP contribution in [0.4, 0.5) is 5.13 Å². The lowest BCUT2D eigenvalue weighted by Crippen LogP contribution is -1.59. The average molecular weight is 158 g/mol. The Kier molecular flexibility index (Phi) is 2.73. The molecule has 0 atom stereocenters. The molecule has 0 radical (unpaired) electrons. The van der Waals surface area contributed by atoms with Crippen molar-refractivity contribution in [2.24, 2.45) is 4.99 Å². The van der Waals surface area contributed by atoms with Gasteiger partial charge in [-0.3, -0.25) is 0 Å². The highest BCUT2D eigenvalue weighted by Gasteiger charge is 1.84. The predicted octanol–water partition coefficient (Wildman–Crippen LogP) is 2.17. The fourth-order valence-corrected chi connectivity index (χ4v) is 1.13. The highest BCUT2D eigenvalue weighted by Crippen LogP contribution is 2.13. The van der Waals surface area contributed by atoms with Gasteiger partial charge in [-0.1, -0.05) is 0 Å². The number of hydrogen-bond donors (Lipinski definition) is 0. The van der Waals surface area contributed by atoms with Crippen molar-refractivity contribution in [1.82, 2.24) is 4.98 Å². The van der Waals surface area contributed by atoms with E-state index in [2.05, 4.69) is 9.98 Å². The Hall–Kier alpha value is -0.350. The van der Waals surface area contributed by atoms with Crippen molar-refractivity contribution in [3.63, 3.8) is 0 Å². The molecule has 0 aliphatic heterocycles. The Morgan fingerprint density at radius 1 is 1.89 bits per heavy atom. The second kappa shape index (κ2) is 3.63. The van der Waals surface area contributed by atoms with Crippen molar-refractivity contribution < 1.29 is 0 Å². The van der Waals surface area contributed by atoms with Crippen molar-refractivity contribution in [2.75, 3.05) is 6.26 Å². The molecular weight excluding hydrogens is 152 g/mol. The zero-order valence-corrected chi connectivity index (χ0v) is 6.58.